The number of halogens is 2. The maximum Gasteiger partial charge on any atom is 0.240 e. The van der Waals surface area contributed by atoms with Crippen LogP contribution in [0.3, 0.4) is 0 Å². The van der Waals surface area contributed by atoms with Crippen LogP contribution in [0.15, 0.2) is 53.4 Å². The van der Waals surface area contributed by atoms with Crippen LogP contribution in [0.2, 0.25) is 0 Å². The maximum absolute atomic E-state index is 13.3. The number of amides is 1. The lowest BCUT2D eigenvalue weighted by Crippen LogP contribution is -2.23. The number of sulfone groups is 1. The zero-order chi connectivity index (χ0) is 15.5. The number of hydrogen-bond donors (Lipinski definition) is 1. The Labute approximate surface area is 120 Å². The molecule has 0 saturated carbocycles. The molecule has 0 atom stereocenters. The van der Waals surface area contributed by atoms with Crippen molar-refractivity contribution in [3.8, 4) is 0 Å². The highest BCUT2D eigenvalue weighted by Crippen LogP contribution is 2.15. The Morgan fingerprint density at radius 1 is 1.05 bits per heavy atom. The Bertz CT molecular complexity index is 775. The van der Waals surface area contributed by atoms with Crippen LogP contribution in [0.4, 0.5) is 14.5 Å². The van der Waals surface area contributed by atoms with E-state index >= 15 is 0 Å². The fourth-order valence-corrected chi connectivity index (χ4v) is 2.83. The molecule has 1 N–H and O–H groups in total. The van der Waals surface area contributed by atoms with Gasteiger partial charge in [0.25, 0.3) is 0 Å². The van der Waals surface area contributed by atoms with Gasteiger partial charge in [-0.05, 0) is 30.3 Å². The normalized spacial score (nSPS) is 11.1. The molecule has 2 rings (SSSR count). The van der Waals surface area contributed by atoms with Crippen LogP contribution < -0.4 is 5.32 Å². The highest BCUT2D eigenvalue weighted by atomic mass is 32.2. The van der Waals surface area contributed by atoms with Crippen LogP contribution in [0.1, 0.15) is 0 Å². The van der Waals surface area contributed by atoms with E-state index < -0.39 is 33.1 Å². The molecule has 0 aromatic heterocycles. The quantitative estimate of drug-likeness (QED) is 0.943. The minimum Gasteiger partial charge on any atom is -0.323 e. The second-order valence-corrected chi connectivity index (χ2v) is 6.23. The van der Waals surface area contributed by atoms with Crippen LogP contribution in [-0.4, -0.2) is 20.1 Å². The van der Waals surface area contributed by atoms with E-state index in [1.807, 2.05) is 0 Å². The summed E-state index contributed by atoms with van der Waals surface area (Å²) in [5, 5.41) is 2.16. The van der Waals surface area contributed by atoms with Gasteiger partial charge in [-0.1, -0.05) is 18.2 Å². The van der Waals surface area contributed by atoms with Crippen molar-refractivity contribution in [3.63, 3.8) is 0 Å². The van der Waals surface area contributed by atoms with Crippen molar-refractivity contribution in [2.75, 3.05) is 11.1 Å². The van der Waals surface area contributed by atoms with E-state index in [2.05, 4.69) is 5.32 Å². The molecule has 0 saturated heterocycles. The average molecular weight is 311 g/mol. The van der Waals surface area contributed by atoms with Gasteiger partial charge < -0.3 is 5.32 Å². The molecular formula is C14H11F2NO3S. The van der Waals surface area contributed by atoms with Crippen molar-refractivity contribution >= 4 is 21.4 Å². The van der Waals surface area contributed by atoms with Crippen LogP contribution in [0.25, 0.3) is 0 Å². The molecule has 0 aliphatic heterocycles. The number of nitrogens with one attached hydrogen (secondary N) is 1. The lowest BCUT2D eigenvalue weighted by molar-refractivity contribution is -0.113. The Morgan fingerprint density at radius 3 is 2.43 bits per heavy atom. The number of benzene rings is 2. The fraction of sp³-hybridized carbons (Fsp3) is 0.0714. The van der Waals surface area contributed by atoms with Gasteiger partial charge in [-0.3, -0.25) is 4.79 Å². The summed E-state index contributed by atoms with van der Waals surface area (Å²) < 4.78 is 50.3. The number of carbonyl (C=O) groups is 1. The molecule has 1 amide bonds. The first-order valence-electron chi connectivity index (χ1n) is 5.91. The lowest BCUT2D eigenvalue weighted by atomic mass is 10.3. The van der Waals surface area contributed by atoms with E-state index in [4.69, 9.17) is 0 Å². The number of anilines is 1. The monoisotopic (exact) mass is 311 g/mol. The van der Waals surface area contributed by atoms with Gasteiger partial charge in [0.1, 0.15) is 17.4 Å². The van der Waals surface area contributed by atoms with Gasteiger partial charge in [-0.2, -0.15) is 0 Å². The van der Waals surface area contributed by atoms with E-state index in [-0.39, 0.29) is 10.6 Å². The lowest BCUT2D eigenvalue weighted by Gasteiger charge is -2.07. The first-order chi connectivity index (χ1) is 9.88. The highest BCUT2D eigenvalue weighted by molar-refractivity contribution is 7.92. The molecule has 0 bridgehead atoms. The van der Waals surface area contributed by atoms with Gasteiger partial charge in [0.2, 0.25) is 5.91 Å². The van der Waals surface area contributed by atoms with E-state index in [9.17, 15) is 22.0 Å². The molecule has 21 heavy (non-hydrogen) atoms. The largest absolute Gasteiger partial charge is 0.323 e. The average Bonchev–Trinajstić information content (AvgIpc) is 2.41. The first kappa shape index (κ1) is 15.1. The third kappa shape index (κ3) is 3.85. The molecule has 110 valence electrons. The maximum atomic E-state index is 13.3. The highest BCUT2D eigenvalue weighted by Gasteiger charge is 2.20. The smallest absolute Gasteiger partial charge is 0.240 e. The predicted molar refractivity (Wildman–Crippen MR) is 73.5 cm³/mol. The molecule has 0 heterocycles. The third-order valence-electron chi connectivity index (χ3n) is 2.62. The van der Waals surface area contributed by atoms with Crippen molar-refractivity contribution < 1.29 is 22.0 Å². The standard InChI is InChI=1S/C14H11F2NO3S/c15-10-4-3-5-11(8-10)21(19,20)9-14(18)17-13-7-2-1-6-12(13)16/h1-8H,9H2,(H,17,18). The molecule has 7 heteroatoms. The Hall–Kier alpha value is -2.28. The first-order valence-corrected chi connectivity index (χ1v) is 7.56. The topological polar surface area (TPSA) is 63.2 Å². The van der Waals surface area contributed by atoms with Crippen LogP contribution in [-0.2, 0) is 14.6 Å². The van der Waals surface area contributed by atoms with Gasteiger partial charge in [0.15, 0.2) is 9.84 Å². The molecule has 0 aliphatic carbocycles. The fourth-order valence-electron chi connectivity index (χ4n) is 1.67. The molecule has 4 nitrogen and oxygen atoms in total. The molecule has 2 aromatic carbocycles. The molecule has 2 aromatic rings. The van der Waals surface area contributed by atoms with E-state index in [1.54, 1.807) is 0 Å². The summed E-state index contributed by atoms with van der Waals surface area (Å²) in [4.78, 5) is 11.4. The summed E-state index contributed by atoms with van der Waals surface area (Å²) in [5.74, 6) is -3.19. The van der Waals surface area contributed by atoms with Gasteiger partial charge in [-0.15, -0.1) is 0 Å². The van der Waals surface area contributed by atoms with Gasteiger partial charge in [0, 0.05) is 0 Å². The molecule has 0 unspecified atom stereocenters. The number of rotatable bonds is 4. The van der Waals surface area contributed by atoms with E-state index in [0.717, 1.165) is 18.2 Å². The Morgan fingerprint density at radius 2 is 1.76 bits per heavy atom. The summed E-state index contributed by atoms with van der Waals surface area (Å²) in [5.41, 5.74) is -0.114. The van der Waals surface area contributed by atoms with Gasteiger partial charge >= 0.3 is 0 Å². The molecule has 0 fully saturated rings. The minimum atomic E-state index is -3.99. The summed E-state index contributed by atoms with van der Waals surface area (Å²) in [6.07, 6.45) is 0. The number of para-hydroxylation sites is 1. The molecule has 0 aliphatic rings. The van der Waals surface area contributed by atoms with Crippen LogP contribution in [0.5, 0.6) is 0 Å². The Kier molecular flexibility index (Phi) is 4.32. The van der Waals surface area contributed by atoms with Gasteiger partial charge in [-0.25, -0.2) is 17.2 Å². The number of carbonyl (C=O) groups excluding carboxylic acids is 1. The third-order valence-corrected chi connectivity index (χ3v) is 4.24. The van der Waals surface area contributed by atoms with Crippen molar-refractivity contribution in [1.29, 1.82) is 0 Å². The zero-order valence-corrected chi connectivity index (χ0v) is 11.5. The predicted octanol–water partition coefficient (Wildman–Crippen LogP) is 2.38. The van der Waals surface area contributed by atoms with E-state index in [0.29, 0.717) is 0 Å². The Balaban J connectivity index is 2.14. The van der Waals surface area contributed by atoms with Crippen molar-refractivity contribution in [2.24, 2.45) is 0 Å². The minimum absolute atomic E-state index is 0.114. The van der Waals surface area contributed by atoms with Crippen LogP contribution >= 0.6 is 0 Å². The van der Waals surface area contributed by atoms with Gasteiger partial charge in [0.05, 0.1) is 10.6 Å². The molecule has 0 radical (unpaired) electrons. The summed E-state index contributed by atoms with van der Waals surface area (Å²) in [6.45, 7) is 0. The number of hydrogen-bond acceptors (Lipinski definition) is 3. The second-order valence-electron chi connectivity index (χ2n) is 4.24. The van der Waals surface area contributed by atoms with Crippen molar-refractivity contribution in [3.05, 3.63) is 60.2 Å². The summed E-state index contributed by atoms with van der Waals surface area (Å²) in [7, 11) is -3.99. The van der Waals surface area contributed by atoms with Crippen LogP contribution in [0, 0.1) is 11.6 Å². The van der Waals surface area contributed by atoms with Crippen molar-refractivity contribution in [2.45, 2.75) is 4.90 Å². The molecular weight excluding hydrogens is 300 g/mol. The summed E-state index contributed by atoms with van der Waals surface area (Å²) >= 11 is 0. The molecule has 0 spiro atoms. The van der Waals surface area contributed by atoms with Crippen molar-refractivity contribution in [1.82, 2.24) is 0 Å². The van der Waals surface area contributed by atoms with E-state index in [1.165, 1.54) is 30.3 Å². The zero-order valence-electron chi connectivity index (χ0n) is 10.7. The second kappa shape index (κ2) is 6.01. The SMILES string of the molecule is O=C(CS(=O)(=O)c1cccc(F)c1)Nc1ccccc1F. The summed E-state index contributed by atoms with van der Waals surface area (Å²) in [6, 6.07) is 9.73.